The number of hydrogen-bond donors (Lipinski definition) is 1. The van der Waals surface area contributed by atoms with E-state index in [0.717, 1.165) is 0 Å². The summed E-state index contributed by atoms with van der Waals surface area (Å²) in [5, 5.41) is 8.50. The van der Waals surface area contributed by atoms with Crippen molar-refractivity contribution in [1.29, 1.82) is 0 Å². The molecule has 54 valence electrons. The quantitative estimate of drug-likeness (QED) is 0.544. The second-order valence-electron chi connectivity index (χ2n) is 3.13. The Bertz CT molecular complexity index is 115. The summed E-state index contributed by atoms with van der Waals surface area (Å²) in [6.45, 7) is 1.70. The van der Waals surface area contributed by atoms with Crippen LogP contribution in [0.1, 0.15) is 6.92 Å². The molecule has 0 aromatic rings. The largest absolute Gasteiger partial charge is 0.477 e. The van der Waals surface area contributed by atoms with Gasteiger partial charge in [0, 0.05) is 0 Å². The van der Waals surface area contributed by atoms with Crippen LogP contribution >= 0.6 is 0 Å². The molecule has 0 radical (unpaired) electrons. The predicted molar refractivity (Wildman–Crippen MR) is 35.1 cm³/mol. The van der Waals surface area contributed by atoms with E-state index in [4.69, 9.17) is 5.11 Å². The number of hydrogen-bond acceptors (Lipinski definition) is 1. The first-order valence-electron chi connectivity index (χ1n) is 2.89. The third-order valence-corrected chi connectivity index (χ3v) is 1.52. The van der Waals surface area contributed by atoms with Gasteiger partial charge in [-0.25, -0.2) is 4.79 Å². The van der Waals surface area contributed by atoms with Crippen molar-refractivity contribution in [3.63, 3.8) is 0 Å². The summed E-state index contributed by atoms with van der Waals surface area (Å²) in [6.07, 6.45) is 0. The van der Waals surface area contributed by atoms with Gasteiger partial charge in [0.1, 0.15) is 0 Å². The molecule has 0 aliphatic heterocycles. The lowest BCUT2D eigenvalue weighted by molar-refractivity contribution is -0.885. The Morgan fingerprint density at radius 1 is 1.44 bits per heavy atom. The molecule has 0 aromatic heterocycles. The predicted octanol–water partition coefficient (Wildman–Crippen LogP) is 0.166. The smallest absolute Gasteiger partial charge is 0.362 e. The number of rotatable bonds is 2. The molecule has 1 atom stereocenters. The van der Waals surface area contributed by atoms with Gasteiger partial charge in [-0.3, -0.25) is 0 Å². The number of carbonyl (C=O) groups is 1. The zero-order chi connectivity index (χ0) is 7.65. The van der Waals surface area contributed by atoms with Crippen LogP contribution in [0.3, 0.4) is 0 Å². The van der Waals surface area contributed by atoms with E-state index in [0.29, 0.717) is 4.48 Å². The molecule has 9 heavy (non-hydrogen) atoms. The minimum atomic E-state index is -0.748. The van der Waals surface area contributed by atoms with Gasteiger partial charge in [-0.05, 0) is 6.92 Å². The third-order valence-electron chi connectivity index (χ3n) is 1.52. The Morgan fingerprint density at radius 2 is 1.78 bits per heavy atom. The van der Waals surface area contributed by atoms with Crippen LogP contribution in [0.25, 0.3) is 0 Å². The first-order valence-corrected chi connectivity index (χ1v) is 2.89. The normalized spacial score (nSPS) is 15.1. The molecule has 3 nitrogen and oxygen atoms in total. The van der Waals surface area contributed by atoms with Gasteiger partial charge >= 0.3 is 5.97 Å². The SMILES string of the molecule is C[C@H](C(=O)O)[N+](C)(C)C. The minimum Gasteiger partial charge on any atom is -0.477 e. The van der Waals surface area contributed by atoms with Crippen molar-refractivity contribution in [1.82, 2.24) is 0 Å². The molecule has 3 heteroatoms. The summed E-state index contributed by atoms with van der Waals surface area (Å²) < 4.78 is 0.468. The van der Waals surface area contributed by atoms with Crippen LogP contribution in [-0.4, -0.2) is 42.7 Å². The minimum absolute atomic E-state index is 0.329. The van der Waals surface area contributed by atoms with Crippen LogP contribution in [-0.2, 0) is 4.79 Å². The lowest BCUT2D eigenvalue weighted by atomic mass is 10.3. The van der Waals surface area contributed by atoms with E-state index in [1.807, 2.05) is 21.1 Å². The summed E-state index contributed by atoms with van der Waals surface area (Å²) in [5.74, 6) is -0.748. The van der Waals surface area contributed by atoms with Crippen LogP contribution in [0, 0.1) is 0 Å². The van der Waals surface area contributed by atoms with E-state index in [9.17, 15) is 4.79 Å². The molecule has 1 N–H and O–H groups in total. The van der Waals surface area contributed by atoms with E-state index < -0.39 is 5.97 Å². The number of carboxylic acids is 1. The molecule has 0 spiro atoms. The fourth-order valence-corrected chi connectivity index (χ4v) is 0.331. The Balaban J connectivity index is 4.04. The molecular weight excluding hydrogens is 118 g/mol. The molecule has 0 saturated carbocycles. The fraction of sp³-hybridized carbons (Fsp3) is 0.833. The summed E-state index contributed by atoms with van der Waals surface area (Å²) in [4.78, 5) is 10.3. The standard InChI is InChI=1S/C6H13NO2/c1-5(6(8)9)7(2,3)4/h5H,1-4H3/p+1/t5-/m1/s1. The van der Waals surface area contributed by atoms with Gasteiger partial charge in [0.15, 0.2) is 6.04 Å². The van der Waals surface area contributed by atoms with Gasteiger partial charge in [0.05, 0.1) is 21.1 Å². The summed E-state index contributed by atoms with van der Waals surface area (Å²) in [6, 6.07) is -0.329. The monoisotopic (exact) mass is 132 g/mol. The van der Waals surface area contributed by atoms with Crippen LogP contribution in [0.15, 0.2) is 0 Å². The van der Waals surface area contributed by atoms with Crippen molar-refractivity contribution in [2.45, 2.75) is 13.0 Å². The fourth-order valence-electron chi connectivity index (χ4n) is 0.331. The lowest BCUT2D eigenvalue weighted by Crippen LogP contribution is -2.47. The number of carboxylic acid groups (broad SMARTS) is 1. The molecule has 0 rings (SSSR count). The summed E-state index contributed by atoms with van der Waals surface area (Å²) in [7, 11) is 5.58. The second kappa shape index (κ2) is 2.35. The van der Waals surface area contributed by atoms with Gasteiger partial charge in [0.2, 0.25) is 0 Å². The van der Waals surface area contributed by atoms with E-state index >= 15 is 0 Å². The van der Waals surface area contributed by atoms with Gasteiger partial charge in [-0.15, -0.1) is 0 Å². The Labute approximate surface area is 55.5 Å². The zero-order valence-electron chi connectivity index (χ0n) is 6.38. The highest BCUT2D eigenvalue weighted by atomic mass is 16.4. The van der Waals surface area contributed by atoms with E-state index in [2.05, 4.69) is 0 Å². The lowest BCUT2D eigenvalue weighted by Gasteiger charge is -2.28. The van der Waals surface area contributed by atoms with Gasteiger partial charge in [-0.2, -0.15) is 0 Å². The van der Waals surface area contributed by atoms with Crippen molar-refractivity contribution in [2.75, 3.05) is 21.1 Å². The highest BCUT2D eigenvalue weighted by Crippen LogP contribution is 2.00. The first-order chi connectivity index (χ1) is 3.85. The maximum Gasteiger partial charge on any atom is 0.362 e. The number of likely N-dealkylation sites (N-methyl/N-ethyl adjacent to an activating group) is 1. The highest BCUT2D eigenvalue weighted by Gasteiger charge is 2.24. The van der Waals surface area contributed by atoms with Crippen molar-refractivity contribution in [3.05, 3.63) is 0 Å². The average Bonchev–Trinajstić information content (AvgIpc) is 1.62. The molecule has 0 fully saturated rings. The molecule has 0 saturated heterocycles. The molecule has 0 amide bonds. The Kier molecular flexibility index (Phi) is 2.20. The maximum atomic E-state index is 10.3. The third kappa shape index (κ3) is 2.46. The van der Waals surface area contributed by atoms with Crippen molar-refractivity contribution in [3.8, 4) is 0 Å². The number of nitrogens with zero attached hydrogens (tertiary/aromatic N) is 1. The van der Waals surface area contributed by atoms with E-state index in [1.54, 1.807) is 6.92 Å². The van der Waals surface area contributed by atoms with Gasteiger partial charge < -0.3 is 9.59 Å². The molecule has 0 aliphatic carbocycles. The highest BCUT2D eigenvalue weighted by molar-refractivity contribution is 5.71. The van der Waals surface area contributed by atoms with Crippen molar-refractivity contribution in [2.24, 2.45) is 0 Å². The zero-order valence-corrected chi connectivity index (χ0v) is 6.38. The number of quaternary nitrogens is 1. The molecule has 0 unspecified atom stereocenters. The Hall–Kier alpha value is -0.570. The molecule has 0 aliphatic rings. The van der Waals surface area contributed by atoms with Crippen molar-refractivity contribution >= 4 is 5.97 Å². The summed E-state index contributed by atoms with van der Waals surface area (Å²) >= 11 is 0. The first kappa shape index (κ1) is 8.43. The van der Waals surface area contributed by atoms with E-state index in [1.165, 1.54) is 0 Å². The maximum absolute atomic E-state index is 10.3. The van der Waals surface area contributed by atoms with Crippen LogP contribution in [0.2, 0.25) is 0 Å². The van der Waals surface area contributed by atoms with Gasteiger partial charge in [0.25, 0.3) is 0 Å². The van der Waals surface area contributed by atoms with Gasteiger partial charge in [-0.1, -0.05) is 0 Å². The van der Waals surface area contributed by atoms with Crippen LogP contribution < -0.4 is 0 Å². The molecule has 0 aromatic carbocycles. The average molecular weight is 132 g/mol. The van der Waals surface area contributed by atoms with Crippen LogP contribution in [0.5, 0.6) is 0 Å². The topological polar surface area (TPSA) is 37.3 Å². The van der Waals surface area contributed by atoms with Crippen molar-refractivity contribution < 1.29 is 14.4 Å². The summed E-state index contributed by atoms with van der Waals surface area (Å²) in [5.41, 5.74) is 0. The second-order valence-corrected chi connectivity index (χ2v) is 3.13. The van der Waals surface area contributed by atoms with Crippen LogP contribution in [0.4, 0.5) is 0 Å². The Morgan fingerprint density at radius 3 is 1.78 bits per heavy atom. The molecular formula is C6H14NO2+. The molecule has 0 heterocycles. The number of aliphatic carboxylic acids is 1. The van der Waals surface area contributed by atoms with E-state index in [-0.39, 0.29) is 6.04 Å². The molecule has 0 bridgehead atoms.